The Labute approximate surface area is 167 Å². The number of nitrogens with zero attached hydrogens (tertiary/aromatic N) is 1. The van der Waals surface area contributed by atoms with Gasteiger partial charge in [-0.15, -0.1) is 0 Å². The van der Waals surface area contributed by atoms with Crippen LogP contribution in [0, 0.1) is 18.7 Å². The number of rotatable bonds is 7. The van der Waals surface area contributed by atoms with Crippen LogP contribution in [-0.2, 0) is 10.0 Å². The number of alkyl halides is 2. The van der Waals surface area contributed by atoms with E-state index in [-0.39, 0.29) is 24.5 Å². The quantitative estimate of drug-likeness (QED) is 0.718. The lowest BCUT2D eigenvalue weighted by atomic mass is 9.83. The van der Waals surface area contributed by atoms with Crippen LogP contribution in [0.15, 0.2) is 28.8 Å². The molecule has 1 N–H and O–H groups in total. The molecule has 160 valence electrons. The van der Waals surface area contributed by atoms with E-state index in [4.69, 9.17) is 9.26 Å². The average Bonchev–Trinajstić information content (AvgIpc) is 3.09. The Balaban J connectivity index is 1.71. The molecule has 10 heteroatoms. The van der Waals surface area contributed by atoms with Crippen LogP contribution in [0.3, 0.4) is 0 Å². The molecule has 0 unspecified atom stereocenters. The average molecular weight is 432 g/mol. The lowest BCUT2D eigenvalue weighted by Crippen LogP contribution is -2.48. The van der Waals surface area contributed by atoms with Crippen LogP contribution in [0.1, 0.15) is 31.9 Å². The molecule has 1 fully saturated rings. The van der Waals surface area contributed by atoms with Gasteiger partial charge in [-0.2, -0.15) is 0 Å². The number of aromatic nitrogens is 1. The third-order valence-electron chi connectivity index (χ3n) is 4.97. The molecular weight excluding hydrogens is 409 g/mol. The van der Waals surface area contributed by atoms with Gasteiger partial charge in [0.05, 0.1) is 12.4 Å². The highest BCUT2D eigenvalue weighted by atomic mass is 32.2. The lowest BCUT2D eigenvalue weighted by molar-refractivity contribution is -0.0662. The van der Waals surface area contributed by atoms with E-state index in [0.29, 0.717) is 17.0 Å². The van der Waals surface area contributed by atoms with Gasteiger partial charge in [0.2, 0.25) is 15.9 Å². The van der Waals surface area contributed by atoms with Crippen molar-refractivity contribution in [3.8, 4) is 17.0 Å². The number of halogens is 3. The molecule has 0 radical (unpaired) electrons. The SMILES string of the molecule is CCS(=O)(=O)N[C@H]1CCC(F)(F)C[C@H]1COc1ccc(-c2cc(C)on2)cc1F. The van der Waals surface area contributed by atoms with E-state index >= 15 is 0 Å². The van der Waals surface area contributed by atoms with Gasteiger partial charge in [0.1, 0.15) is 11.5 Å². The molecule has 1 aliphatic rings. The Bertz CT molecular complexity index is 962. The van der Waals surface area contributed by atoms with Gasteiger partial charge in [-0.1, -0.05) is 5.16 Å². The molecule has 0 saturated heterocycles. The van der Waals surface area contributed by atoms with E-state index in [0.717, 1.165) is 0 Å². The minimum absolute atomic E-state index is 0.00676. The van der Waals surface area contributed by atoms with Crippen molar-refractivity contribution in [2.24, 2.45) is 5.92 Å². The Morgan fingerprint density at radius 2 is 2.10 bits per heavy atom. The second-order valence-electron chi connectivity index (χ2n) is 7.27. The molecule has 1 saturated carbocycles. The molecule has 1 heterocycles. The van der Waals surface area contributed by atoms with Crippen LogP contribution in [0.5, 0.6) is 5.75 Å². The first kappa shape index (κ1) is 21.6. The maximum Gasteiger partial charge on any atom is 0.248 e. The van der Waals surface area contributed by atoms with Gasteiger partial charge in [-0.25, -0.2) is 26.3 Å². The molecule has 1 aliphatic carbocycles. The van der Waals surface area contributed by atoms with Crippen molar-refractivity contribution in [3.05, 3.63) is 35.8 Å². The smallest absolute Gasteiger partial charge is 0.248 e. The van der Waals surface area contributed by atoms with Crippen LogP contribution in [-0.4, -0.2) is 37.9 Å². The molecule has 1 aromatic heterocycles. The fourth-order valence-corrected chi connectivity index (χ4v) is 4.29. The van der Waals surface area contributed by atoms with Crippen LogP contribution < -0.4 is 9.46 Å². The molecule has 3 rings (SSSR count). The van der Waals surface area contributed by atoms with Gasteiger partial charge < -0.3 is 9.26 Å². The number of nitrogens with one attached hydrogen (secondary N) is 1. The van der Waals surface area contributed by atoms with Crippen LogP contribution >= 0.6 is 0 Å². The van der Waals surface area contributed by atoms with Gasteiger partial charge in [0.15, 0.2) is 11.6 Å². The highest BCUT2D eigenvalue weighted by Crippen LogP contribution is 2.37. The van der Waals surface area contributed by atoms with Crippen molar-refractivity contribution in [2.75, 3.05) is 12.4 Å². The minimum atomic E-state index is -3.56. The van der Waals surface area contributed by atoms with Crippen molar-refractivity contribution in [3.63, 3.8) is 0 Å². The van der Waals surface area contributed by atoms with Crippen LogP contribution in [0.4, 0.5) is 13.2 Å². The first-order valence-corrected chi connectivity index (χ1v) is 11.0. The first-order valence-electron chi connectivity index (χ1n) is 9.32. The van der Waals surface area contributed by atoms with E-state index in [2.05, 4.69) is 9.88 Å². The lowest BCUT2D eigenvalue weighted by Gasteiger charge is -2.36. The highest BCUT2D eigenvalue weighted by molar-refractivity contribution is 7.89. The third-order valence-corrected chi connectivity index (χ3v) is 6.39. The summed E-state index contributed by atoms with van der Waals surface area (Å²) >= 11 is 0. The van der Waals surface area contributed by atoms with Gasteiger partial charge in [-0.05, 0) is 38.5 Å². The van der Waals surface area contributed by atoms with Gasteiger partial charge in [-0.3, -0.25) is 0 Å². The third kappa shape index (κ3) is 5.51. The maximum atomic E-state index is 14.4. The number of aryl methyl sites for hydroxylation is 1. The first-order chi connectivity index (χ1) is 13.6. The summed E-state index contributed by atoms with van der Waals surface area (Å²) in [5, 5.41) is 3.81. The minimum Gasteiger partial charge on any atom is -0.490 e. The van der Waals surface area contributed by atoms with Gasteiger partial charge in [0.25, 0.3) is 0 Å². The van der Waals surface area contributed by atoms with Crippen LogP contribution in [0.2, 0.25) is 0 Å². The molecule has 0 spiro atoms. The molecule has 0 aliphatic heterocycles. The Morgan fingerprint density at radius 1 is 1.34 bits per heavy atom. The Hall–Kier alpha value is -2.07. The predicted molar refractivity (Wildman–Crippen MR) is 101 cm³/mol. The molecule has 1 aromatic carbocycles. The van der Waals surface area contributed by atoms with Crippen molar-refractivity contribution < 1.29 is 30.8 Å². The number of benzene rings is 1. The monoisotopic (exact) mass is 432 g/mol. The van der Waals surface area contributed by atoms with Crippen molar-refractivity contribution in [1.29, 1.82) is 0 Å². The van der Waals surface area contributed by atoms with Crippen molar-refractivity contribution in [2.45, 2.75) is 45.1 Å². The van der Waals surface area contributed by atoms with Crippen LogP contribution in [0.25, 0.3) is 11.3 Å². The predicted octanol–water partition coefficient (Wildman–Crippen LogP) is 3.91. The summed E-state index contributed by atoms with van der Waals surface area (Å²) in [6, 6.07) is 5.17. The van der Waals surface area contributed by atoms with Crippen molar-refractivity contribution in [1.82, 2.24) is 9.88 Å². The largest absolute Gasteiger partial charge is 0.490 e. The fourth-order valence-electron chi connectivity index (χ4n) is 3.35. The number of hydrogen-bond donors (Lipinski definition) is 1. The van der Waals surface area contributed by atoms with Crippen molar-refractivity contribution >= 4 is 10.0 Å². The Morgan fingerprint density at radius 3 is 2.72 bits per heavy atom. The zero-order chi connectivity index (χ0) is 21.2. The summed E-state index contributed by atoms with van der Waals surface area (Å²) in [6.07, 6.45) is -0.935. The van der Waals surface area contributed by atoms with Gasteiger partial charge >= 0.3 is 0 Å². The van der Waals surface area contributed by atoms with Gasteiger partial charge in [0, 0.05) is 36.4 Å². The van der Waals surface area contributed by atoms with E-state index in [1.54, 1.807) is 19.1 Å². The highest BCUT2D eigenvalue weighted by Gasteiger charge is 2.42. The summed E-state index contributed by atoms with van der Waals surface area (Å²) in [6.45, 7) is 2.96. The van der Waals surface area contributed by atoms with E-state index in [9.17, 15) is 21.6 Å². The molecule has 2 aromatic rings. The molecule has 6 nitrogen and oxygen atoms in total. The van der Waals surface area contributed by atoms with E-state index < -0.39 is 46.6 Å². The fraction of sp³-hybridized carbons (Fsp3) is 0.526. The molecule has 0 bridgehead atoms. The standard InChI is InChI=1S/C19H23F3N2O4S/c1-3-29(25,26)24-16-6-7-19(21,22)10-14(16)11-27-18-5-4-13(9-15(18)20)17-8-12(2)28-23-17/h4-5,8-9,14,16,24H,3,6-7,10-11H2,1-2H3/t14-,16-/m0/s1. The maximum absolute atomic E-state index is 14.4. The summed E-state index contributed by atoms with van der Waals surface area (Å²) in [7, 11) is -3.56. The topological polar surface area (TPSA) is 81.4 Å². The number of hydrogen-bond acceptors (Lipinski definition) is 5. The summed E-state index contributed by atoms with van der Waals surface area (Å²) < 4.78 is 78.8. The zero-order valence-corrected chi connectivity index (χ0v) is 16.9. The van der Waals surface area contributed by atoms with E-state index in [1.807, 2.05) is 0 Å². The zero-order valence-electron chi connectivity index (χ0n) is 16.1. The summed E-state index contributed by atoms with van der Waals surface area (Å²) in [4.78, 5) is 0. The van der Waals surface area contributed by atoms with E-state index in [1.165, 1.54) is 19.1 Å². The number of ether oxygens (including phenoxy) is 1. The molecule has 2 atom stereocenters. The molecular formula is C19H23F3N2O4S. The summed E-state index contributed by atoms with van der Waals surface area (Å²) in [5.74, 6) is -4.02. The number of sulfonamides is 1. The molecule has 29 heavy (non-hydrogen) atoms. The Kier molecular flexibility index (Phi) is 6.23. The normalized spacial score (nSPS) is 21.8. The second-order valence-corrected chi connectivity index (χ2v) is 9.31. The summed E-state index contributed by atoms with van der Waals surface area (Å²) in [5.41, 5.74) is 0.957. The second kappa shape index (κ2) is 8.35. The molecule has 0 amide bonds.